The van der Waals surface area contributed by atoms with Gasteiger partial charge in [-0.05, 0) is 21.0 Å². The van der Waals surface area contributed by atoms with Crippen molar-refractivity contribution in [3.05, 3.63) is 96.6 Å². The summed E-state index contributed by atoms with van der Waals surface area (Å²) in [7, 11) is -3.35. The summed E-state index contributed by atoms with van der Waals surface area (Å²) in [6, 6.07) is 28.5. The number of hydrogen-bond acceptors (Lipinski definition) is 4. The number of ether oxygens (including phenoxy) is 1. The predicted octanol–water partition coefficient (Wildman–Crippen LogP) is 4.37. The van der Waals surface area contributed by atoms with Crippen LogP contribution in [0.15, 0.2) is 91.0 Å². The topological polar surface area (TPSA) is 46.5 Å². The number of benzene rings is 3. The lowest BCUT2D eigenvalue weighted by molar-refractivity contribution is -0.123. The van der Waals surface area contributed by atoms with Gasteiger partial charge in [0.1, 0.15) is 6.10 Å². The Balaban J connectivity index is 2.10. The van der Waals surface area contributed by atoms with Crippen molar-refractivity contribution in [2.45, 2.75) is 49.9 Å². The minimum Gasteiger partial charge on any atom is -0.395 e. The predicted molar refractivity (Wildman–Crippen MR) is 142 cm³/mol. The number of rotatable bonds is 10. The summed E-state index contributed by atoms with van der Waals surface area (Å²) < 4.78 is 22.3. The first-order valence-electron chi connectivity index (χ1n) is 11.5. The molecular weight excluding hydrogens is 463 g/mol. The van der Waals surface area contributed by atoms with Gasteiger partial charge < -0.3 is 14.6 Å². The number of thiol groups is 1. The second kappa shape index (κ2) is 11.4. The van der Waals surface area contributed by atoms with Gasteiger partial charge in [0.15, 0.2) is 11.6 Å². The number of aliphatic hydroxyl groups excluding tert-OH is 1. The van der Waals surface area contributed by atoms with E-state index in [1.807, 2.05) is 112 Å². The summed E-state index contributed by atoms with van der Waals surface area (Å²) in [6.07, 6.45) is -3.15. The molecule has 0 radical (unpaired) electrons. The van der Waals surface area contributed by atoms with E-state index in [1.54, 1.807) is 0 Å². The smallest absolute Gasteiger partial charge is 0.203 e. The first-order valence-corrected chi connectivity index (χ1v) is 14.0. The number of carbonyl (C=O) groups excluding carboxylic acids is 1. The molecule has 0 fully saturated rings. The van der Waals surface area contributed by atoms with Crippen LogP contribution in [0.2, 0.25) is 5.04 Å². The third kappa shape index (κ3) is 5.36. The Kier molecular flexibility index (Phi) is 8.87. The lowest BCUT2D eigenvalue weighted by Gasteiger charge is -2.44. The molecule has 0 bridgehead atoms. The van der Waals surface area contributed by atoms with Crippen LogP contribution < -0.4 is 10.4 Å². The van der Waals surface area contributed by atoms with Crippen molar-refractivity contribution >= 4 is 36.5 Å². The van der Waals surface area contributed by atoms with Crippen LogP contribution in [0.4, 0.5) is 4.39 Å². The third-order valence-electron chi connectivity index (χ3n) is 6.30. The van der Waals surface area contributed by atoms with Crippen molar-refractivity contribution < 1.29 is 19.0 Å². The third-order valence-corrected chi connectivity index (χ3v) is 12.4. The first-order chi connectivity index (χ1) is 16.2. The molecule has 3 nitrogen and oxygen atoms in total. The molecule has 0 aliphatic carbocycles. The molecule has 0 spiro atoms. The van der Waals surface area contributed by atoms with Gasteiger partial charge in [0.2, 0.25) is 8.07 Å². The second-order valence-electron chi connectivity index (χ2n) is 9.51. The molecule has 0 aliphatic rings. The van der Waals surface area contributed by atoms with E-state index in [0.717, 1.165) is 15.9 Å². The van der Waals surface area contributed by atoms with Crippen LogP contribution in [0.1, 0.15) is 26.3 Å². The molecule has 0 saturated carbocycles. The Morgan fingerprint density at radius 2 is 1.35 bits per heavy atom. The zero-order valence-corrected chi connectivity index (χ0v) is 21.8. The molecule has 34 heavy (non-hydrogen) atoms. The van der Waals surface area contributed by atoms with Crippen LogP contribution in [-0.4, -0.2) is 42.7 Å². The SMILES string of the molecule is CC(C)(C)[Si](C(=O)[C@@H](F)[C@H](OCc1ccccc1)[C@H](S)CO)(c1ccccc1)c1ccccc1. The van der Waals surface area contributed by atoms with Crippen LogP contribution >= 0.6 is 12.6 Å². The highest BCUT2D eigenvalue weighted by atomic mass is 32.1. The summed E-state index contributed by atoms with van der Waals surface area (Å²) in [5, 5.41) is 9.66. The molecule has 3 aromatic carbocycles. The summed E-state index contributed by atoms with van der Waals surface area (Å²) in [4.78, 5) is 14.4. The van der Waals surface area contributed by atoms with Crippen molar-refractivity contribution in [1.82, 2.24) is 0 Å². The zero-order valence-electron chi connectivity index (χ0n) is 19.9. The average Bonchev–Trinajstić information content (AvgIpc) is 2.85. The zero-order chi connectivity index (χ0) is 24.8. The maximum absolute atomic E-state index is 16.4. The van der Waals surface area contributed by atoms with Crippen molar-refractivity contribution in [1.29, 1.82) is 0 Å². The molecule has 0 saturated heterocycles. The van der Waals surface area contributed by atoms with Gasteiger partial charge in [0, 0.05) is 0 Å². The maximum Gasteiger partial charge on any atom is 0.203 e. The molecule has 3 atom stereocenters. The van der Waals surface area contributed by atoms with Crippen LogP contribution in [0.3, 0.4) is 0 Å². The molecular formula is C28H33FO3SSi. The molecule has 6 heteroatoms. The Bertz CT molecular complexity index is 1000. The van der Waals surface area contributed by atoms with Crippen LogP contribution in [0.5, 0.6) is 0 Å². The highest BCUT2D eigenvalue weighted by Crippen LogP contribution is 2.38. The molecule has 0 heterocycles. The molecule has 180 valence electrons. The van der Waals surface area contributed by atoms with Gasteiger partial charge >= 0.3 is 0 Å². The van der Waals surface area contributed by atoms with E-state index in [1.165, 1.54) is 0 Å². The van der Waals surface area contributed by atoms with Crippen molar-refractivity contribution in [2.24, 2.45) is 0 Å². The Hall–Kier alpha value is -2.25. The van der Waals surface area contributed by atoms with Crippen LogP contribution in [0.25, 0.3) is 0 Å². The van der Waals surface area contributed by atoms with E-state index >= 15 is 4.39 Å². The number of alkyl halides is 1. The molecule has 1 N–H and O–H groups in total. The number of aliphatic hydroxyl groups is 1. The Labute approximate surface area is 208 Å². The molecule has 3 rings (SSSR count). The molecule has 0 unspecified atom stereocenters. The van der Waals surface area contributed by atoms with Crippen molar-refractivity contribution in [2.75, 3.05) is 6.61 Å². The number of halogens is 1. The summed E-state index contributed by atoms with van der Waals surface area (Å²) in [5.74, 6) is 0. The van der Waals surface area contributed by atoms with E-state index in [9.17, 15) is 9.90 Å². The van der Waals surface area contributed by atoms with Gasteiger partial charge in [-0.25, -0.2) is 4.39 Å². The fourth-order valence-electron chi connectivity index (χ4n) is 4.68. The fraction of sp³-hybridized carbons (Fsp3) is 0.321. The van der Waals surface area contributed by atoms with Gasteiger partial charge in [-0.15, -0.1) is 0 Å². The largest absolute Gasteiger partial charge is 0.395 e. The molecule has 0 amide bonds. The lowest BCUT2D eigenvalue weighted by Crippen LogP contribution is -2.73. The Morgan fingerprint density at radius 1 is 0.912 bits per heavy atom. The van der Waals surface area contributed by atoms with E-state index < -0.39 is 42.7 Å². The van der Waals surface area contributed by atoms with E-state index in [-0.39, 0.29) is 6.61 Å². The van der Waals surface area contributed by atoms with Gasteiger partial charge in [-0.2, -0.15) is 12.6 Å². The normalized spacial score (nSPS) is 14.9. The fourth-order valence-corrected chi connectivity index (χ4v) is 10.3. The van der Waals surface area contributed by atoms with Crippen LogP contribution in [0, 0.1) is 0 Å². The van der Waals surface area contributed by atoms with Crippen molar-refractivity contribution in [3.8, 4) is 0 Å². The Morgan fingerprint density at radius 3 is 1.76 bits per heavy atom. The number of hydrogen-bond donors (Lipinski definition) is 2. The minimum atomic E-state index is -3.35. The van der Waals surface area contributed by atoms with Gasteiger partial charge in [0.25, 0.3) is 0 Å². The first kappa shape index (κ1) is 26.4. The standard InChI is InChI=1S/C28H33FO3SSi/c1-28(2,3)34(22-15-9-5-10-16-22,23-17-11-6-12-18-23)27(31)25(29)26(24(33)19-30)32-20-21-13-7-4-8-14-21/h4-18,24-26,30,33H,19-20H2,1-3H3/t24-,25+,26-/m1/s1. The van der Waals surface area contributed by atoms with Gasteiger partial charge in [-0.1, -0.05) is 112 Å². The van der Waals surface area contributed by atoms with Gasteiger partial charge in [-0.3, -0.25) is 0 Å². The average molecular weight is 497 g/mol. The van der Waals surface area contributed by atoms with E-state index in [2.05, 4.69) is 12.6 Å². The minimum absolute atomic E-state index is 0.122. The summed E-state index contributed by atoms with van der Waals surface area (Å²) in [5.41, 5.74) is 0.857. The van der Waals surface area contributed by atoms with E-state index in [4.69, 9.17) is 4.74 Å². The maximum atomic E-state index is 16.4. The quantitative estimate of drug-likeness (QED) is 0.324. The summed E-state index contributed by atoms with van der Waals surface area (Å²) >= 11 is 4.40. The molecule has 0 aliphatic heterocycles. The van der Waals surface area contributed by atoms with E-state index in [0.29, 0.717) is 0 Å². The molecule has 0 aromatic heterocycles. The highest BCUT2D eigenvalue weighted by Gasteiger charge is 2.57. The monoisotopic (exact) mass is 496 g/mol. The van der Waals surface area contributed by atoms with Crippen LogP contribution in [-0.2, 0) is 16.1 Å². The highest BCUT2D eigenvalue weighted by molar-refractivity contribution is 7.81. The second-order valence-corrected chi connectivity index (χ2v) is 14.8. The lowest BCUT2D eigenvalue weighted by atomic mass is 10.1. The number of carbonyl (C=O) groups is 1. The van der Waals surface area contributed by atoms with Crippen molar-refractivity contribution in [3.63, 3.8) is 0 Å². The summed E-state index contributed by atoms with van der Waals surface area (Å²) in [6.45, 7) is 5.74. The molecule has 3 aromatic rings. The van der Waals surface area contributed by atoms with Gasteiger partial charge in [0.05, 0.1) is 18.5 Å².